The Kier molecular flexibility index (Phi) is 5.65. The molecule has 100 valence electrons. The van der Waals surface area contributed by atoms with Gasteiger partial charge < -0.3 is 15.3 Å². The number of hydrogen-bond acceptors (Lipinski definition) is 3. The number of amides is 1. The van der Waals surface area contributed by atoms with Crippen LogP contribution in [0.1, 0.15) is 18.9 Å². The van der Waals surface area contributed by atoms with E-state index in [2.05, 4.69) is 12.2 Å². The summed E-state index contributed by atoms with van der Waals surface area (Å²) in [6.45, 7) is 2.45. The van der Waals surface area contributed by atoms with Crippen molar-refractivity contribution < 1.29 is 9.90 Å². The summed E-state index contributed by atoms with van der Waals surface area (Å²) in [4.78, 5) is 13.0. The molecule has 0 heterocycles. The van der Waals surface area contributed by atoms with E-state index in [9.17, 15) is 9.90 Å². The first-order chi connectivity index (χ1) is 8.49. The van der Waals surface area contributed by atoms with Crippen LogP contribution in [0, 0.1) is 0 Å². The molecule has 1 aromatic carbocycles. The monoisotopic (exact) mass is 250 g/mol. The number of benzene rings is 1. The third-order valence-corrected chi connectivity index (χ3v) is 2.90. The van der Waals surface area contributed by atoms with Crippen LogP contribution in [0.15, 0.2) is 24.3 Å². The zero-order chi connectivity index (χ0) is 13.5. The summed E-state index contributed by atoms with van der Waals surface area (Å²) in [6, 6.07) is 7.54. The van der Waals surface area contributed by atoms with Crippen molar-refractivity contribution in [1.29, 1.82) is 0 Å². The lowest BCUT2D eigenvalue weighted by atomic mass is 10.1. The van der Waals surface area contributed by atoms with Gasteiger partial charge in [-0.25, -0.2) is 0 Å². The summed E-state index contributed by atoms with van der Waals surface area (Å²) in [5.41, 5.74) is 1.19. The minimum Gasteiger partial charge on any atom is -0.508 e. The van der Waals surface area contributed by atoms with Crippen molar-refractivity contribution in [1.82, 2.24) is 10.2 Å². The van der Waals surface area contributed by atoms with E-state index < -0.39 is 0 Å². The molecule has 0 saturated carbocycles. The summed E-state index contributed by atoms with van der Waals surface area (Å²) in [5.74, 6) is 0.382. The summed E-state index contributed by atoms with van der Waals surface area (Å²) in [6.07, 6.45) is 1.90. The Morgan fingerprint density at radius 3 is 2.50 bits per heavy atom. The number of carbonyl (C=O) groups excluding carboxylic acids is 1. The number of phenols is 1. The van der Waals surface area contributed by atoms with Crippen LogP contribution in [-0.2, 0) is 11.2 Å². The molecule has 0 radical (unpaired) electrons. The van der Waals surface area contributed by atoms with Crippen molar-refractivity contribution in [2.75, 3.05) is 20.6 Å². The van der Waals surface area contributed by atoms with E-state index in [1.807, 2.05) is 12.1 Å². The highest BCUT2D eigenvalue weighted by molar-refractivity contribution is 5.77. The Balaban J connectivity index is 2.26. The fourth-order valence-electron chi connectivity index (χ4n) is 1.57. The fraction of sp³-hybridized carbons (Fsp3) is 0.500. The van der Waals surface area contributed by atoms with Gasteiger partial charge in [-0.3, -0.25) is 4.79 Å². The molecule has 1 unspecified atom stereocenters. The van der Waals surface area contributed by atoms with Crippen molar-refractivity contribution >= 4 is 5.91 Å². The molecule has 0 aliphatic heterocycles. The predicted molar refractivity (Wildman–Crippen MR) is 72.6 cm³/mol. The van der Waals surface area contributed by atoms with E-state index in [0.29, 0.717) is 18.3 Å². The van der Waals surface area contributed by atoms with E-state index in [1.165, 1.54) is 5.56 Å². The largest absolute Gasteiger partial charge is 0.508 e. The Morgan fingerprint density at radius 1 is 1.33 bits per heavy atom. The van der Waals surface area contributed by atoms with Crippen molar-refractivity contribution in [3.8, 4) is 5.75 Å². The van der Waals surface area contributed by atoms with Gasteiger partial charge in [-0.1, -0.05) is 12.1 Å². The number of nitrogens with zero attached hydrogens (tertiary/aromatic N) is 1. The van der Waals surface area contributed by atoms with Crippen LogP contribution < -0.4 is 5.32 Å². The van der Waals surface area contributed by atoms with Gasteiger partial charge in [-0.2, -0.15) is 0 Å². The highest BCUT2D eigenvalue weighted by Crippen LogP contribution is 2.11. The van der Waals surface area contributed by atoms with Crippen LogP contribution in [-0.4, -0.2) is 42.6 Å². The highest BCUT2D eigenvalue weighted by Gasteiger charge is 2.07. The lowest BCUT2D eigenvalue weighted by Gasteiger charge is -2.16. The van der Waals surface area contributed by atoms with Crippen LogP contribution in [0.4, 0.5) is 0 Å². The molecule has 0 aliphatic rings. The number of aryl methyl sites for hydroxylation is 1. The van der Waals surface area contributed by atoms with Gasteiger partial charge in [0.2, 0.25) is 5.91 Å². The zero-order valence-electron chi connectivity index (χ0n) is 11.3. The van der Waals surface area contributed by atoms with Gasteiger partial charge in [-0.05, 0) is 37.5 Å². The van der Waals surface area contributed by atoms with Gasteiger partial charge in [0.05, 0.1) is 6.54 Å². The Morgan fingerprint density at radius 2 is 1.94 bits per heavy atom. The molecule has 4 nitrogen and oxygen atoms in total. The molecule has 0 bridgehead atoms. The second-order valence-electron chi connectivity index (χ2n) is 4.78. The number of hydrogen-bond donors (Lipinski definition) is 2. The van der Waals surface area contributed by atoms with Gasteiger partial charge in [0, 0.05) is 20.1 Å². The van der Waals surface area contributed by atoms with Crippen molar-refractivity contribution in [3.63, 3.8) is 0 Å². The van der Waals surface area contributed by atoms with Crippen LogP contribution in [0.25, 0.3) is 0 Å². The number of phenolic OH excluding ortho intramolecular Hbond substituents is 1. The van der Waals surface area contributed by atoms with Gasteiger partial charge >= 0.3 is 0 Å². The molecule has 0 aromatic heterocycles. The topological polar surface area (TPSA) is 52.6 Å². The fourth-order valence-corrected chi connectivity index (χ4v) is 1.57. The van der Waals surface area contributed by atoms with E-state index in [4.69, 9.17) is 0 Å². The lowest BCUT2D eigenvalue weighted by molar-refractivity contribution is -0.127. The van der Waals surface area contributed by atoms with Crippen LogP contribution in [0.2, 0.25) is 0 Å². The summed E-state index contributed by atoms with van der Waals surface area (Å²) >= 11 is 0. The molecule has 0 saturated heterocycles. The third kappa shape index (κ3) is 5.19. The number of carbonyl (C=O) groups is 1. The average Bonchev–Trinajstić information content (AvgIpc) is 2.35. The quantitative estimate of drug-likeness (QED) is 0.802. The van der Waals surface area contributed by atoms with Gasteiger partial charge in [-0.15, -0.1) is 0 Å². The molecule has 0 fully saturated rings. The van der Waals surface area contributed by atoms with E-state index >= 15 is 0 Å². The molecule has 0 aliphatic carbocycles. The van der Waals surface area contributed by atoms with E-state index in [-0.39, 0.29) is 5.91 Å². The molecule has 0 spiro atoms. The minimum absolute atomic E-state index is 0.0893. The maximum absolute atomic E-state index is 11.4. The molecule has 1 amide bonds. The number of nitrogens with one attached hydrogen (secondary N) is 1. The molecular weight excluding hydrogens is 228 g/mol. The zero-order valence-corrected chi connectivity index (χ0v) is 11.3. The molecule has 1 rings (SSSR count). The Labute approximate surface area is 109 Å². The Hall–Kier alpha value is -1.55. The first kappa shape index (κ1) is 14.5. The second kappa shape index (κ2) is 7.01. The summed E-state index contributed by atoms with van der Waals surface area (Å²) in [5, 5.41) is 12.4. The standard InChI is InChI=1S/C14H22N2O2/c1-11(15-10-14(18)16(2)3)4-5-12-6-8-13(17)9-7-12/h6-9,11,15,17H,4-5,10H2,1-3H3. The molecule has 18 heavy (non-hydrogen) atoms. The first-order valence-electron chi connectivity index (χ1n) is 6.20. The predicted octanol–water partition coefficient (Wildman–Crippen LogP) is 1.39. The minimum atomic E-state index is 0.0893. The van der Waals surface area contributed by atoms with Crippen molar-refractivity contribution in [3.05, 3.63) is 29.8 Å². The number of rotatable bonds is 6. The van der Waals surface area contributed by atoms with Crippen LogP contribution in [0.5, 0.6) is 5.75 Å². The van der Waals surface area contributed by atoms with E-state index in [1.54, 1.807) is 31.1 Å². The smallest absolute Gasteiger partial charge is 0.236 e. The second-order valence-corrected chi connectivity index (χ2v) is 4.78. The third-order valence-electron chi connectivity index (χ3n) is 2.90. The van der Waals surface area contributed by atoms with Gasteiger partial charge in [0.25, 0.3) is 0 Å². The number of likely N-dealkylation sites (N-methyl/N-ethyl adjacent to an activating group) is 1. The summed E-state index contributed by atoms with van der Waals surface area (Å²) < 4.78 is 0. The van der Waals surface area contributed by atoms with Crippen molar-refractivity contribution in [2.45, 2.75) is 25.8 Å². The molecule has 1 aromatic rings. The van der Waals surface area contributed by atoms with Crippen molar-refractivity contribution in [2.24, 2.45) is 0 Å². The molecular formula is C14H22N2O2. The van der Waals surface area contributed by atoms with E-state index in [0.717, 1.165) is 12.8 Å². The normalized spacial score (nSPS) is 12.2. The molecule has 2 N–H and O–H groups in total. The van der Waals surface area contributed by atoms with Crippen LogP contribution >= 0.6 is 0 Å². The summed E-state index contributed by atoms with van der Waals surface area (Å²) in [7, 11) is 3.51. The molecule has 4 heteroatoms. The Bertz CT molecular complexity index is 374. The maximum atomic E-state index is 11.4. The molecule has 1 atom stereocenters. The highest BCUT2D eigenvalue weighted by atomic mass is 16.3. The van der Waals surface area contributed by atoms with Gasteiger partial charge in [0.1, 0.15) is 5.75 Å². The maximum Gasteiger partial charge on any atom is 0.236 e. The lowest BCUT2D eigenvalue weighted by Crippen LogP contribution is -2.37. The average molecular weight is 250 g/mol. The SMILES string of the molecule is CC(CCc1ccc(O)cc1)NCC(=O)N(C)C. The number of aromatic hydroxyl groups is 1. The first-order valence-corrected chi connectivity index (χ1v) is 6.20. The van der Waals surface area contributed by atoms with Gasteiger partial charge in [0.15, 0.2) is 0 Å². The van der Waals surface area contributed by atoms with Crippen LogP contribution in [0.3, 0.4) is 0 Å².